The zero-order valence-electron chi connectivity index (χ0n) is 11.3. The van der Waals surface area contributed by atoms with Crippen molar-refractivity contribution in [2.24, 2.45) is 0 Å². The van der Waals surface area contributed by atoms with Crippen molar-refractivity contribution in [3.63, 3.8) is 0 Å². The third-order valence-corrected chi connectivity index (χ3v) is 3.02. The van der Waals surface area contributed by atoms with Gasteiger partial charge < -0.3 is 4.74 Å². The summed E-state index contributed by atoms with van der Waals surface area (Å²) < 4.78 is 45.1. The average molecular weight is 295 g/mol. The summed E-state index contributed by atoms with van der Waals surface area (Å²) in [5, 5.41) is 12.8. The first-order valence-corrected chi connectivity index (χ1v) is 6.06. The molecule has 0 aliphatic rings. The second kappa shape index (κ2) is 5.48. The van der Waals surface area contributed by atoms with Crippen LogP contribution < -0.4 is 4.74 Å². The van der Waals surface area contributed by atoms with Crippen LogP contribution in [-0.4, -0.2) is 16.9 Å². The molecule has 1 aromatic heterocycles. The minimum atomic E-state index is -4.50. The van der Waals surface area contributed by atoms with Gasteiger partial charge >= 0.3 is 6.18 Å². The van der Waals surface area contributed by atoms with Crippen molar-refractivity contribution in [3.05, 3.63) is 36.2 Å². The molecule has 4 nitrogen and oxygen atoms in total. The summed E-state index contributed by atoms with van der Waals surface area (Å²) in [4.78, 5) is 0. The monoisotopic (exact) mass is 295 g/mol. The predicted octanol–water partition coefficient (Wildman–Crippen LogP) is 3.66. The van der Waals surface area contributed by atoms with Gasteiger partial charge in [0.25, 0.3) is 0 Å². The number of halogens is 3. The molecule has 0 radical (unpaired) electrons. The van der Waals surface area contributed by atoms with Crippen molar-refractivity contribution in [1.29, 1.82) is 5.26 Å². The fraction of sp³-hybridized carbons (Fsp3) is 0.286. The lowest BCUT2D eigenvalue weighted by Gasteiger charge is -2.13. The van der Waals surface area contributed by atoms with Gasteiger partial charge in [-0.3, -0.25) is 4.68 Å². The zero-order chi connectivity index (χ0) is 15.6. The number of nitriles is 1. The molecule has 110 valence electrons. The van der Waals surface area contributed by atoms with Crippen molar-refractivity contribution in [3.8, 4) is 22.9 Å². The average Bonchev–Trinajstić information content (AvgIpc) is 2.94. The van der Waals surface area contributed by atoms with Crippen molar-refractivity contribution in [2.45, 2.75) is 19.1 Å². The van der Waals surface area contributed by atoms with Gasteiger partial charge in [-0.25, -0.2) is 0 Å². The molecule has 1 atom stereocenters. The van der Waals surface area contributed by atoms with Crippen LogP contribution in [0.5, 0.6) is 5.75 Å². The van der Waals surface area contributed by atoms with Gasteiger partial charge in [-0.1, -0.05) is 6.07 Å². The summed E-state index contributed by atoms with van der Waals surface area (Å²) in [6, 6.07) is 5.31. The van der Waals surface area contributed by atoms with Crippen molar-refractivity contribution >= 4 is 0 Å². The van der Waals surface area contributed by atoms with Gasteiger partial charge in [-0.05, 0) is 24.6 Å². The summed E-state index contributed by atoms with van der Waals surface area (Å²) in [6.07, 6.45) is -1.54. The third kappa shape index (κ3) is 2.99. The molecule has 1 unspecified atom stereocenters. The lowest BCUT2D eigenvalue weighted by molar-refractivity contribution is -0.138. The summed E-state index contributed by atoms with van der Waals surface area (Å²) >= 11 is 0. The van der Waals surface area contributed by atoms with E-state index in [1.54, 1.807) is 6.92 Å². The Balaban J connectivity index is 2.46. The third-order valence-electron chi connectivity index (χ3n) is 3.02. The van der Waals surface area contributed by atoms with Gasteiger partial charge in [0, 0.05) is 11.8 Å². The minimum Gasteiger partial charge on any atom is -0.496 e. The number of benzene rings is 1. The molecule has 0 aliphatic carbocycles. The van der Waals surface area contributed by atoms with Crippen molar-refractivity contribution in [1.82, 2.24) is 9.78 Å². The Morgan fingerprint density at radius 1 is 1.33 bits per heavy atom. The van der Waals surface area contributed by atoms with E-state index in [0.29, 0.717) is 11.1 Å². The Morgan fingerprint density at radius 2 is 2.05 bits per heavy atom. The lowest BCUT2D eigenvalue weighted by Crippen LogP contribution is -2.07. The number of alkyl halides is 3. The molecule has 0 N–H and O–H groups in total. The molecule has 2 rings (SSSR count). The number of hydrogen-bond acceptors (Lipinski definition) is 3. The van der Waals surface area contributed by atoms with Gasteiger partial charge in [-0.15, -0.1) is 0 Å². The Hall–Kier alpha value is -2.49. The van der Waals surface area contributed by atoms with Crippen LogP contribution in [0.25, 0.3) is 11.1 Å². The molecule has 0 aliphatic heterocycles. The summed E-state index contributed by atoms with van der Waals surface area (Å²) in [7, 11) is 1.19. The summed E-state index contributed by atoms with van der Waals surface area (Å²) in [5.74, 6) is -0.232. The maximum absolute atomic E-state index is 13.0. The highest BCUT2D eigenvalue weighted by Crippen LogP contribution is 2.38. The van der Waals surface area contributed by atoms with E-state index in [2.05, 4.69) is 5.10 Å². The van der Waals surface area contributed by atoms with Crippen LogP contribution >= 0.6 is 0 Å². The molecular formula is C14H12F3N3O. The Morgan fingerprint density at radius 3 is 2.62 bits per heavy atom. The Kier molecular flexibility index (Phi) is 3.89. The SMILES string of the molecule is COc1ccc(-c2cnn(C(C)C#N)c2)cc1C(F)(F)F. The first-order chi connectivity index (χ1) is 9.86. The Labute approximate surface area is 119 Å². The minimum absolute atomic E-state index is 0.232. The summed E-state index contributed by atoms with van der Waals surface area (Å²) in [6.45, 7) is 1.64. The smallest absolute Gasteiger partial charge is 0.419 e. The molecule has 0 saturated heterocycles. The van der Waals surface area contributed by atoms with Crippen LogP contribution in [0, 0.1) is 11.3 Å². The largest absolute Gasteiger partial charge is 0.496 e. The van der Waals surface area contributed by atoms with E-state index >= 15 is 0 Å². The molecule has 7 heteroatoms. The first kappa shape index (κ1) is 14.9. The molecule has 1 aromatic carbocycles. The number of hydrogen-bond donors (Lipinski definition) is 0. The molecule has 1 heterocycles. The fourth-order valence-electron chi connectivity index (χ4n) is 1.87. The van der Waals surface area contributed by atoms with Crippen LogP contribution in [0.1, 0.15) is 18.5 Å². The van der Waals surface area contributed by atoms with Crippen LogP contribution in [0.4, 0.5) is 13.2 Å². The maximum atomic E-state index is 13.0. The molecule has 21 heavy (non-hydrogen) atoms. The highest BCUT2D eigenvalue weighted by Gasteiger charge is 2.34. The molecule has 0 fully saturated rings. The predicted molar refractivity (Wildman–Crippen MR) is 69.5 cm³/mol. The second-order valence-corrected chi connectivity index (χ2v) is 4.43. The van der Waals surface area contributed by atoms with Crippen LogP contribution in [0.2, 0.25) is 0 Å². The standard InChI is InChI=1S/C14H12F3N3O/c1-9(6-18)20-8-11(7-19-20)10-3-4-13(21-2)12(5-10)14(15,16)17/h3-5,7-9H,1-2H3. The van der Waals surface area contributed by atoms with Crippen LogP contribution in [-0.2, 0) is 6.18 Å². The van der Waals surface area contributed by atoms with E-state index < -0.39 is 17.8 Å². The molecule has 0 saturated carbocycles. The van der Waals surface area contributed by atoms with E-state index in [4.69, 9.17) is 10.00 Å². The molecular weight excluding hydrogens is 283 g/mol. The highest BCUT2D eigenvalue weighted by atomic mass is 19.4. The number of rotatable bonds is 3. The number of nitrogens with zero attached hydrogens (tertiary/aromatic N) is 3. The quantitative estimate of drug-likeness (QED) is 0.868. The van der Waals surface area contributed by atoms with Crippen molar-refractivity contribution < 1.29 is 17.9 Å². The molecule has 2 aromatic rings. The topological polar surface area (TPSA) is 50.8 Å². The fourth-order valence-corrected chi connectivity index (χ4v) is 1.87. The zero-order valence-corrected chi connectivity index (χ0v) is 11.3. The number of methoxy groups -OCH3 is 1. The lowest BCUT2D eigenvalue weighted by atomic mass is 10.0. The van der Waals surface area contributed by atoms with E-state index in [0.717, 1.165) is 6.07 Å². The van der Waals surface area contributed by atoms with E-state index in [1.165, 1.54) is 36.3 Å². The van der Waals surface area contributed by atoms with Crippen molar-refractivity contribution in [2.75, 3.05) is 7.11 Å². The second-order valence-electron chi connectivity index (χ2n) is 4.43. The molecule has 0 bridgehead atoms. The van der Waals surface area contributed by atoms with Gasteiger partial charge in [0.1, 0.15) is 11.8 Å². The summed E-state index contributed by atoms with van der Waals surface area (Å²) in [5.41, 5.74) is 0.0216. The van der Waals surface area contributed by atoms with Crippen LogP contribution in [0.3, 0.4) is 0 Å². The van der Waals surface area contributed by atoms with E-state index in [-0.39, 0.29) is 5.75 Å². The first-order valence-electron chi connectivity index (χ1n) is 6.06. The normalized spacial score (nSPS) is 12.8. The molecule has 0 amide bonds. The van der Waals surface area contributed by atoms with Crippen LogP contribution in [0.15, 0.2) is 30.6 Å². The number of aromatic nitrogens is 2. The van der Waals surface area contributed by atoms with Gasteiger partial charge in [0.2, 0.25) is 0 Å². The highest BCUT2D eigenvalue weighted by molar-refractivity contribution is 5.64. The molecule has 0 spiro atoms. The van der Waals surface area contributed by atoms with Gasteiger partial charge in [0.15, 0.2) is 0 Å². The number of ether oxygens (including phenoxy) is 1. The van der Waals surface area contributed by atoms with E-state index in [9.17, 15) is 13.2 Å². The Bertz CT molecular complexity index is 686. The van der Waals surface area contributed by atoms with Gasteiger partial charge in [0.05, 0.1) is 24.9 Å². The van der Waals surface area contributed by atoms with E-state index in [1.807, 2.05) is 6.07 Å². The maximum Gasteiger partial charge on any atom is 0.419 e. The van der Waals surface area contributed by atoms with Gasteiger partial charge in [-0.2, -0.15) is 23.5 Å².